The van der Waals surface area contributed by atoms with Crippen molar-refractivity contribution in [2.75, 3.05) is 11.9 Å². The molecule has 0 amide bonds. The third-order valence-electron chi connectivity index (χ3n) is 6.49. The van der Waals surface area contributed by atoms with E-state index >= 15 is 0 Å². The molecule has 2 aromatic heterocycles. The normalized spacial score (nSPS) is 21.4. The van der Waals surface area contributed by atoms with Crippen LogP contribution < -0.4 is 10.6 Å². The Labute approximate surface area is 177 Å². The fraction of sp³-hybridized carbons (Fsp3) is 0.500. The SMILES string of the molecule is c1ccc(CCCN[C@H]2CC[C@H](Nc3ncnc4sc5c(c34)CCC5)CC2)cc1. The van der Waals surface area contributed by atoms with Gasteiger partial charge in [0.1, 0.15) is 17.0 Å². The van der Waals surface area contributed by atoms with Crippen molar-refractivity contribution in [3.05, 3.63) is 52.7 Å². The predicted octanol–water partition coefficient (Wildman–Crippen LogP) is 5.13. The molecular formula is C24H30N4S. The third-order valence-corrected chi connectivity index (χ3v) is 7.69. The Kier molecular flexibility index (Phi) is 5.77. The summed E-state index contributed by atoms with van der Waals surface area (Å²) in [7, 11) is 0. The minimum absolute atomic E-state index is 0.535. The summed E-state index contributed by atoms with van der Waals surface area (Å²) in [5.74, 6) is 1.08. The molecule has 0 spiro atoms. The zero-order valence-corrected chi connectivity index (χ0v) is 17.8. The Balaban J connectivity index is 1.11. The molecule has 0 unspecified atom stereocenters. The van der Waals surface area contributed by atoms with E-state index in [2.05, 4.69) is 50.9 Å². The van der Waals surface area contributed by atoms with Crippen molar-refractivity contribution in [1.82, 2.24) is 15.3 Å². The average molecular weight is 407 g/mol. The number of hydrogen-bond acceptors (Lipinski definition) is 5. The number of rotatable bonds is 7. The first kappa shape index (κ1) is 19.0. The van der Waals surface area contributed by atoms with E-state index in [-0.39, 0.29) is 0 Å². The average Bonchev–Trinajstić information content (AvgIpc) is 3.35. The number of thiophene rings is 1. The first-order valence-electron chi connectivity index (χ1n) is 11.2. The van der Waals surface area contributed by atoms with Crippen LogP contribution in [0.5, 0.6) is 0 Å². The molecular weight excluding hydrogens is 376 g/mol. The van der Waals surface area contributed by atoms with Gasteiger partial charge in [-0.1, -0.05) is 30.3 Å². The van der Waals surface area contributed by atoms with E-state index in [1.807, 2.05) is 11.3 Å². The van der Waals surface area contributed by atoms with Gasteiger partial charge in [0.25, 0.3) is 0 Å². The van der Waals surface area contributed by atoms with Crippen molar-refractivity contribution < 1.29 is 0 Å². The highest BCUT2D eigenvalue weighted by Crippen LogP contribution is 2.39. The maximum Gasteiger partial charge on any atom is 0.138 e. The molecule has 0 radical (unpaired) electrons. The molecule has 2 aliphatic carbocycles. The van der Waals surface area contributed by atoms with E-state index in [4.69, 9.17) is 0 Å². The van der Waals surface area contributed by atoms with Crippen LogP contribution in [0, 0.1) is 0 Å². The van der Waals surface area contributed by atoms with E-state index in [1.165, 1.54) is 84.0 Å². The first-order valence-corrected chi connectivity index (χ1v) is 12.0. The Morgan fingerprint density at radius 2 is 1.79 bits per heavy atom. The lowest BCUT2D eigenvalue weighted by Crippen LogP contribution is -2.37. The highest BCUT2D eigenvalue weighted by atomic mass is 32.1. The second kappa shape index (κ2) is 8.80. The van der Waals surface area contributed by atoms with Gasteiger partial charge < -0.3 is 10.6 Å². The van der Waals surface area contributed by atoms with E-state index in [9.17, 15) is 0 Å². The lowest BCUT2D eigenvalue weighted by molar-refractivity contribution is 0.353. The molecule has 1 fully saturated rings. The minimum Gasteiger partial charge on any atom is -0.367 e. The summed E-state index contributed by atoms with van der Waals surface area (Å²) in [5.41, 5.74) is 2.96. The molecule has 2 aliphatic rings. The summed E-state index contributed by atoms with van der Waals surface area (Å²) < 4.78 is 0. The molecule has 1 aromatic carbocycles. The maximum atomic E-state index is 4.63. The van der Waals surface area contributed by atoms with Crippen LogP contribution >= 0.6 is 11.3 Å². The number of nitrogens with one attached hydrogen (secondary N) is 2. The van der Waals surface area contributed by atoms with Gasteiger partial charge in [-0.15, -0.1) is 11.3 Å². The number of anilines is 1. The van der Waals surface area contributed by atoms with Gasteiger partial charge in [0.05, 0.1) is 5.39 Å². The lowest BCUT2D eigenvalue weighted by Gasteiger charge is -2.30. The summed E-state index contributed by atoms with van der Waals surface area (Å²) in [6.45, 7) is 1.12. The highest BCUT2D eigenvalue weighted by molar-refractivity contribution is 7.19. The first-order chi connectivity index (χ1) is 14.4. The van der Waals surface area contributed by atoms with Crippen molar-refractivity contribution in [3.63, 3.8) is 0 Å². The number of hydrogen-bond donors (Lipinski definition) is 2. The van der Waals surface area contributed by atoms with E-state index < -0.39 is 0 Å². The molecule has 0 aliphatic heterocycles. The molecule has 0 atom stereocenters. The second-order valence-electron chi connectivity index (χ2n) is 8.50. The molecule has 2 N–H and O–H groups in total. The molecule has 152 valence electrons. The predicted molar refractivity (Wildman–Crippen MR) is 122 cm³/mol. The van der Waals surface area contributed by atoms with Crippen LogP contribution in [0.25, 0.3) is 10.2 Å². The minimum atomic E-state index is 0.535. The fourth-order valence-electron chi connectivity index (χ4n) is 4.92. The standard InChI is InChI=1S/C24H30N4S/c1-2-6-17(7-3-1)8-5-15-25-18-11-13-19(14-12-18)28-23-22-20-9-4-10-21(20)29-24(22)27-16-26-23/h1-3,6-7,16,18-19,25H,4-5,8-15H2,(H,26,27,28)/t18-,19-. The molecule has 1 saturated carbocycles. The largest absolute Gasteiger partial charge is 0.367 e. The molecule has 4 nitrogen and oxygen atoms in total. The van der Waals surface area contributed by atoms with Crippen LogP contribution in [0.2, 0.25) is 0 Å². The van der Waals surface area contributed by atoms with Crippen molar-refractivity contribution in [1.29, 1.82) is 0 Å². The van der Waals surface area contributed by atoms with Crippen molar-refractivity contribution in [2.45, 2.75) is 69.9 Å². The summed E-state index contributed by atoms with van der Waals surface area (Å²) in [6.07, 6.45) is 12.7. The van der Waals surface area contributed by atoms with Crippen LogP contribution in [-0.2, 0) is 19.3 Å². The van der Waals surface area contributed by atoms with Gasteiger partial charge in [0.2, 0.25) is 0 Å². The van der Waals surface area contributed by atoms with Crippen molar-refractivity contribution in [2.24, 2.45) is 0 Å². The third kappa shape index (κ3) is 4.31. The van der Waals surface area contributed by atoms with Crippen LogP contribution in [0.15, 0.2) is 36.7 Å². The Morgan fingerprint density at radius 1 is 0.966 bits per heavy atom. The van der Waals surface area contributed by atoms with E-state index in [0.717, 1.165) is 12.4 Å². The molecule has 2 heterocycles. The molecule has 29 heavy (non-hydrogen) atoms. The van der Waals surface area contributed by atoms with E-state index in [1.54, 1.807) is 6.33 Å². The van der Waals surface area contributed by atoms with Crippen molar-refractivity contribution in [3.8, 4) is 0 Å². The molecule has 0 bridgehead atoms. The summed E-state index contributed by atoms with van der Waals surface area (Å²) in [5, 5.41) is 8.87. The van der Waals surface area contributed by atoms with Gasteiger partial charge in [-0.3, -0.25) is 0 Å². The van der Waals surface area contributed by atoms with Gasteiger partial charge in [0.15, 0.2) is 0 Å². The number of aryl methyl sites for hydroxylation is 3. The Morgan fingerprint density at radius 3 is 2.66 bits per heavy atom. The number of nitrogens with zero attached hydrogens (tertiary/aromatic N) is 2. The van der Waals surface area contributed by atoms with Gasteiger partial charge in [-0.25, -0.2) is 9.97 Å². The summed E-state index contributed by atoms with van der Waals surface area (Å²) in [6, 6.07) is 12.0. The zero-order chi connectivity index (χ0) is 19.5. The van der Waals surface area contributed by atoms with Gasteiger partial charge >= 0.3 is 0 Å². The smallest absolute Gasteiger partial charge is 0.138 e. The second-order valence-corrected chi connectivity index (χ2v) is 9.58. The van der Waals surface area contributed by atoms with Crippen LogP contribution in [-0.4, -0.2) is 28.6 Å². The van der Waals surface area contributed by atoms with Gasteiger partial charge in [-0.05, 0) is 75.5 Å². The molecule has 5 heteroatoms. The highest BCUT2D eigenvalue weighted by Gasteiger charge is 2.24. The number of aromatic nitrogens is 2. The zero-order valence-electron chi connectivity index (χ0n) is 17.0. The Bertz CT molecular complexity index is 944. The summed E-state index contributed by atoms with van der Waals surface area (Å²) in [4.78, 5) is 11.9. The van der Waals surface area contributed by atoms with Crippen LogP contribution in [0.4, 0.5) is 5.82 Å². The topological polar surface area (TPSA) is 49.8 Å². The van der Waals surface area contributed by atoms with E-state index in [0.29, 0.717) is 12.1 Å². The quantitative estimate of drug-likeness (QED) is 0.534. The number of benzene rings is 1. The van der Waals surface area contributed by atoms with Crippen LogP contribution in [0.3, 0.4) is 0 Å². The van der Waals surface area contributed by atoms with Gasteiger partial charge in [-0.2, -0.15) is 0 Å². The number of fused-ring (bicyclic) bond motifs is 3. The molecule has 3 aromatic rings. The fourth-order valence-corrected chi connectivity index (χ4v) is 6.15. The van der Waals surface area contributed by atoms with Crippen LogP contribution in [0.1, 0.15) is 54.5 Å². The van der Waals surface area contributed by atoms with Gasteiger partial charge in [0, 0.05) is 17.0 Å². The molecule has 0 saturated heterocycles. The summed E-state index contributed by atoms with van der Waals surface area (Å²) >= 11 is 1.87. The molecule has 5 rings (SSSR count). The monoisotopic (exact) mass is 406 g/mol. The Hall–Kier alpha value is -1.98. The maximum absolute atomic E-state index is 4.63. The van der Waals surface area contributed by atoms with Crippen molar-refractivity contribution >= 4 is 27.4 Å². The lowest BCUT2D eigenvalue weighted by atomic mass is 9.91.